The summed E-state index contributed by atoms with van der Waals surface area (Å²) < 4.78 is 5.28. The van der Waals surface area contributed by atoms with Crippen LogP contribution in [0.5, 0.6) is 0 Å². The van der Waals surface area contributed by atoms with Crippen LogP contribution in [0.3, 0.4) is 0 Å². The third-order valence-corrected chi connectivity index (χ3v) is 4.97. The highest BCUT2D eigenvalue weighted by Gasteiger charge is 2.26. The van der Waals surface area contributed by atoms with Gasteiger partial charge in [0.1, 0.15) is 0 Å². The van der Waals surface area contributed by atoms with Crippen molar-refractivity contribution in [2.24, 2.45) is 0 Å². The molecule has 1 saturated heterocycles. The maximum Gasteiger partial charge on any atom is 0.338 e. The Kier molecular flexibility index (Phi) is 4.56. The smallest absolute Gasteiger partial charge is 0.338 e. The van der Waals surface area contributed by atoms with Crippen molar-refractivity contribution in [1.29, 1.82) is 0 Å². The van der Waals surface area contributed by atoms with Gasteiger partial charge < -0.3 is 15.0 Å². The van der Waals surface area contributed by atoms with Crippen LogP contribution in [-0.4, -0.2) is 47.6 Å². The zero-order valence-corrected chi connectivity index (χ0v) is 13.6. The summed E-state index contributed by atoms with van der Waals surface area (Å²) in [5, 5.41) is 2.73. The van der Waals surface area contributed by atoms with Crippen LogP contribution in [-0.2, 0) is 14.3 Å². The molecule has 0 bridgehead atoms. The van der Waals surface area contributed by atoms with Gasteiger partial charge in [0.05, 0.1) is 17.0 Å². The fourth-order valence-corrected chi connectivity index (χ4v) is 3.47. The Morgan fingerprint density at radius 2 is 2.04 bits per heavy atom. The van der Waals surface area contributed by atoms with Gasteiger partial charge in [0.2, 0.25) is 5.91 Å². The van der Waals surface area contributed by atoms with Crippen molar-refractivity contribution in [3.8, 4) is 0 Å². The molecule has 122 valence electrons. The molecule has 6 nitrogen and oxygen atoms in total. The first-order valence-electron chi connectivity index (χ1n) is 7.61. The van der Waals surface area contributed by atoms with Gasteiger partial charge in [0, 0.05) is 18.0 Å². The average molecular weight is 334 g/mol. The van der Waals surface area contributed by atoms with E-state index in [-0.39, 0.29) is 11.8 Å². The summed E-state index contributed by atoms with van der Waals surface area (Å²) in [4.78, 5) is 38.5. The number of nitrogens with zero attached hydrogens (tertiary/aromatic N) is 1. The fourth-order valence-electron chi connectivity index (χ4n) is 2.68. The molecular weight excluding hydrogens is 316 g/mol. The van der Waals surface area contributed by atoms with E-state index in [1.807, 2.05) is 0 Å². The Hall–Kier alpha value is -2.02. The van der Waals surface area contributed by atoms with Gasteiger partial charge in [-0.3, -0.25) is 9.59 Å². The molecule has 2 aliphatic rings. The van der Waals surface area contributed by atoms with Gasteiger partial charge in [-0.2, -0.15) is 0 Å². The highest BCUT2D eigenvalue weighted by Crippen LogP contribution is 2.32. The van der Waals surface area contributed by atoms with Crippen molar-refractivity contribution in [1.82, 2.24) is 4.90 Å². The van der Waals surface area contributed by atoms with Gasteiger partial charge in [-0.1, -0.05) is 0 Å². The zero-order chi connectivity index (χ0) is 16.4. The van der Waals surface area contributed by atoms with Crippen LogP contribution in [0, 0.1) is 0 Å². The first-order valence-corrected chi connectivity index (χ1v) is 8.59. The molecule has 23 heavy (non-hydrogen) atoms. The van der Waals surface area contributed by atoms with Crippen LogP contribution in [0.1, 0.15) is 30.1 Å². The maximum atomic E-state index is 12.2. The molecule has 0 aliphatic carbocycles. The summed E-state index contributed by atoms with van der Waals surface area (Å²) in [6, 6.07) is 5.02. The lowest BCUT2D eigenvalue weighted by atomic mass is 10.2. The van der Waals surface area contributed by atoms with E-state index < -0.39 is 12.1 Å². The van der Waals surface area contributed by atoms with Crippen LogP contribution in [0.4, 0.5) is 5.69 Å². The molecule has 1 fully saturated rings. The Morgan fingerprint density at radius 1 is 1.30 bits per heavy atom. The number of carbonyl (C=O) groups is 3. The predicted octanol–water partition coefficient (Wildman–Crippen LogP) is 1.90. The lowest BCUT2D eigenvalue weighted by Crippen LogP contribution is -2.38. The molecule has 1 aromatic rings. The second kappa shape index (κ2) is 6.62. The minimum absolute atomic E-state index is 0.0920. The van der Waals surface area contributed by atoms with Crippen molar-refractivity contribution in [3.05, 3.63) is 23.8 Å². The highest BCUT2D eigenvalue weighted by molar-refractivity contribution is 8.00. The molecule has 0 saturated carbocycles. The Morgan fingerprint density at radius 3 is 2.78 bits per heavy atom. The first kappa shape index (κ1) is 15.9. The Bertz CT molecular complexity index is 655. The van der Waals surface area contributed by atoms with Crippen molar-refractivity contribution < 1.29 is 19.1 Å². The second-order valence-corrected chi connectivity index (χ2v) is 6.64. The molecule has 1 aromatic carbocycles. The number of fused-ring (bicyclic) bond motifs is 1. The van der Waals surface area contributed by atoms with Crippen molar-refractivity contribution >= 4 is 35.2 Å². The number of nitrogens with one attached hydrogen (secondary N) is 1. The van der Waals surface area contributed by atoms with Crippen LogP contribution in [0.15, 0.2) is 23.1 Å². The summed E-state index contributed by atoms with van der Waals surface area (Å²) >= 11 is 1.43. The predicted molar refractivity (Wildman–Crippen MR) is 86.5 cm³/mol. The molecule has 0 spiro atoms. The third-order valence-electron chi connectivity index (χ3n) is 3.90. The van der Waals surface area contributed by atoms with Gasteiger partial charge >= 0.3 is 5.97 Å². The summed E-state index contributed by atoms with van der Waals surface area (Å²) in [7, 11) is 0. The number of likely N-dealkylation sites (tertiary alicyclic amines) is 1. The van der Waals surface area contributed by atoms with E-state index in [1.54, 1.807) is 30.0 Å². The molecule has 3 rings (SSSR count). The monoisotopic (exact) mass is 334 g/mol. The lowest BCUT2D eigenvalue weighted by molar-refractivity contribution is -0.138. The number of anilines is 1. The number of hydrogen-bond donors (Lipinski definition) is 1. The topological polar surface area (TPSA) is 75.7 Å². The molecule has 2 aliphatic heterocycles. The minimum Gasteiger partial charge on any atom is -0.449 e. The van der Waals surface area contributed by atoms with Gasteiger partial charge in [-0.15, -0.1) is 11.8 Å². The molecule has 1 N–H and O–H groups in total. The van der Waals surface area contributed by atoms with Gasteiger partial charge in [-0.05, 0) is 38.0 Å². The highest BCUT2D eigenvalue weighted by atomic mass is 32.2. The van der Waals surface area contributed by atoms with Crippen LogP contribution >= 0.6 is 11.8 Å². The van der Waals surface area contributed by atoms with Crippen molar-refractivity contribution in [3.63, 3.8) is 0 Å². The van der Waals surface area contributed by atoms with Crippen LogP contribution in [0.25, 0.3) is 0 Å². The average Bonchev–Trinajstić information content (AvgIpc) is 3.07. The van der Waals surface area contributed by atoms with E-state index >= 15 is 0 Å². The van der Waals surface area contributed by atoms with Gasteiger partial charge in [0.25, 0.3) is 5.91 Å². The van der Waals surface area contributed by atoms with Crippen LogP contribution < -0.4 is 5.32 Å². The van der Waals surface area contributed by atoms with Gasteiger partial charge in [0.15, 0.2) is 6.10 Å². The van der Waals surface area contributed by atoms with Crippen LogP contribution in [0.2, 0.25) is 0 Å². The van der Waals surface area contributed by atoms with Crippen molar-refractivity contribution in [2.45, 2.75) is 30.8 Å². The SMILES string of the molecule is C[C@H](OC(=O)c1ccc2c(c1)NC(=O)CS2)C(=O)N1CCCC1. The molecule has 0 unspecified atom stereocenters. The fraction of sp³-hybridized carbons (Fsp3) is 0.438. The second-order valence-electron chi connectivity index (χ2n) is 5.63. The molecular formula is C16H18N2O4S. The summed E-state index contributed by atoms with van der Waals surface area (Å²) in [5.41, 5.74) is 0.937. The van der Waals surface area contributed by atoms with E-state index in [1.165, 1.54) is 11.8 Å². The number of esters is 1. The number of thioether (sulfide) groups is 1. The lowest BCUT2D eigenvalue weighted by Gasteiger charge is -2.21. The molecule has 0 radical (unpaired) electrons. The number of amides is 2. The van der Waals surface area contributed by atoms with E-state index in [9.17, 15) is 14.4 Å². The van der Waals surface area contributed by atoms with Crippen molar-refractivity contribution in [2.75, 3.05) is 24.2 Å². The summed E-state index contributed by atoms with van der Waals surface area (Å²) in [6.45, 7) is 3.04. The summed E-state index contributed by atoms with van der Waals surface area (Å²) in [5.74, 6) is -0.432. The third kappa shape index (κ3) is 3.50. The van der Waals surface area contributed by atoms with Gasteiger partial charge in [-0.25, -0.2) is 4.79 Å². The standard InChI is InChI=1S/C16H18N2O4S/c1-10(15(20)18-6-2-3-7-18)22-16(21)11-4-5-13-12(8-11)17-14(19)9-23-13/h4-5,8,10H,2-3,6-7,9H2,1H3,(H,17,19)/t10-/m0/s1. The number of ether oxygens (including phenoxy) is 1. The quantitative estimate of drug-likeness (QED) is 0.855. The number of rotatable bonds is 3. The van der Waals surface area contributed by atoms with E-state index in [0.29, 0.717) is 17.0 Å². The molecule has 1 atom stereocenters. The molecule has 2 heterocycles. The van der Waals surface area contributed by atoms with E-state index in [2.05, 4.69) is 5.32 Å². The molecule has 0 aromatic heterocycles. The minimum atomic E-state index is -0.805. The maximum absolute atomic E-state index is 12.2. The number of carbonyl (C=O) groups excluding carboxylic acids is 3. The van der Waals surface area contributed by atoms with E-state index in [0.717, 1.165) is 30.8 Å². The Balaban J connectivity index is 1.67. The largest absolute Gasteiger partial charge is 0.449 e. The van der Waals surface area contributed by atoms with E-state index in [4.69, 9.17) is 4.74 Å². The Labute approximate surface area is 138 Å². The molecule has 7 heteroatoms. The number of benzene rings is 1. The zero-order valence-electron chi connectivity index (χ0n) is 12.8. The number of hydrogen-bond acceptors (Lipinski definition) is 5. The first-order chi connectivity index (χ1) is 11.0. The summed E-state index contributed by atoms with van der Waals surface area (Å²) in [6.07, 6.45) is 1.18. The normalized spacial score (nSPS) is 18.1. The molecule has 2 amide bonds.